The van der Waals surface area contributed by atoms with Gasteiger partial charge in [0.25, 0.3) is 0 Å². The molecule has 0 saturated heterocycles. The van der Waals surface area contributed by atoms with Gasteiger partial charge < -0.3 is 14.7 Å². The van der Waals surface area contributed by atoms with Crippen LogP contribution in [-0.2, 0) is 5.41 Å². The summed E-state index contributed by atoms with van der Waals surface area (Å²) in [6, 6.07) is 101. The molecule has 0 N–H and O–H groups in total. The fourth-order valence-electron chi connectivity index (χ4n) is 13.8. The van der Waals surface area contributed by atoms with Crippen molar-refractivity contribution in [3.63, 3.8) is 0 Å². The van der Waals surface area contributed by atoms with Crippen LogP contribution in [0, 0.1) is 5.92 Å². The summed E-state index contributed by atoms with van der Waals surface area (Å²) in [5, 5.41) is 0. The quantitative estimate of drug-likeness (QED) is 0.143. The van der Waals surface area contributed by atoms with Crippen molar-refractivity contribution in [2.75, 3.05) is 14.7 Å². The summed E-state index contributed by atoms with van der Waals surface area (Å²) < 4.78 is 0. The average Bonchev–Trinajstić information content (AvgIpc) is 3.33. The van der Waals surface area contributed by atoms with Crippen LogP contribution in [-0.4, -0.2) is 0 Å². The van der Waals surface area contributed by atoms with Crippen molar-refractivity contribution >= 4 is 45.4 Å². The average molecular weight is 998 g/mol. The lowest BCUT2D eigenvalue weighted by molar-refractivity contribution is 0.601. The molecule has 4 aliphatic carbocycles. The SMILES string of the molecule is C1=CCC2C(=C1)C1=C(C=C2N(c2ccccc2)c2ccc(-c3ccccc3)cc2)C2(C3=C1c1ccccc1C(N(c1ccccc1)c1ccc(-c4ccccc4)cc1)C3)c1ccccc1N(c1ccccc1)c1ccccc12. The molecule has 10 aromatic rings. The topological polar surface area (TPSA) is 9.72 Å². The summed E-state index contributed by atoms with van der Waals surface area (Å²) in [5.74, 6) is 0.0791. The molecule has 2 unspecified atom stereocenters. The Kier molecular flexibility index (Phi) is 11.0. The van der Waals surface area contributed by atoms with Crippen LogP contribution < -0.4 is 14.7 Å². The maximum Gasteiger partial charge on any atom is 0.0719 e. The van der Waals surface area contributed by atoms with E-state index in [2.05, 4.69) is 312 Å². The molecule has 370 valence electrons. The highest BCUT2D eigenvalue weighted by Crippen LogP contribution is 2.70. The molecule has 3 heteroatoms. The van der Waals surface area contributed by atoms with Crippen molar-refractivity contribution in [3.8, 4) is 22.3 Å². The molecule has 0 aromatic heterocycles. The van der Waals surface area contributed by atoms with E-state index in [1.54, 1.807) is 0 Å². The summed E-state index contributed by atoms with van der Waals surface area (Å²) >= 11 is 0. The summed E-state index contributed by atoms with van der Waals surface area (Å²) in [5.41, 5.74) is 25.7. The van der Waals surface area contributed by atoms with Gasteiger partial charge in [-0.05, 0) is 164 Å². The number of rotatable bonds is 9. The van der Waals surface area contributed by atoms with E-state index < -0.39 is 5.41 Å². The van der Waals surface area contributed by atoms with Gasteiger partial charge >= 0.3 is 0 Å². The molecule has 0 fully saturated rings. The predicted octanol–water partition coefficient (Wildman–Crippen LogP) is 19.4. The minimum atomic E-state index is -0.702. The molecule has 0 saturated carbocycles. The van der Waals surface area contributed by atoms with Gasteiger partial charge in [0.1, 0.15) is 0 Å². The van der Waals surface area contributed by atoms with Gasteiger partial charge in [-0.3, -0.25) is 0 Å². The molecule has 78 heavy (non-hydrogen) atoms. The maximum absolute atomic E-state index is 2.66. The minimum Gasteiger partial charge on any atom is -0.334 e. The molecule has 0 bridgehead atoms. The zero-order chi connectivity index (χ0) is 51.6. The molecule has 1 aliphatic heterocycles. The van der Waals surface area contributed by atoms with Crippen molar-refractivity contribution < 1.29 is 0 Å². The van der Waals surface area contributed by atoms with E-state index in [1.165, 1.54) is 89.4 Å². The Hall–Kier alpha value is -9.70. The van der Waals surface area contributed by atoms with Gasteiger partial charge in [0, 0.05) is 40.1 Å². The first-order valence-electron chi connectivity index (χ1n) is 27.5. The van der Waals surface area contributed by atoms with Crippen LogP contribution >= 0.6 is 0 Å². The Morgan fingerprint density at radius 2 is 0.897 bits per heavy atom. The van der Waals surface area contributed by atoms with Gasteiger partial charge in [0.05, 0.1) is 22.8 Å². The molecule has 1 spiro atoms. The molecule has 5 aliphatic rings. The van der Waals surface area contributed by atoms with Crippen molar-refractivity contribution in [2.45, 2.75) is 24.3 Å². The second-order valence-electron chi connectivity index (χ2n) is 21.0. The van der Waals surface area contributed by atoms with E-state index in [0.29, 0.717) is 0 Å². The van der Waals surface area contributed by atoms with Crippen LogP contribution in [0.1, 0.15) is 41.1 Å². The van der Waals surface area contributed by atoms with Crippen molar-refractivity contribution in [2.24, 2.45) is 5.92 Å². The number of benzene rings is 10. The van der Waals surface area contributed by atoms with Crippen molar-refractivity contribution in [3.05, 3.63) is 348 Å². The lowest BCUT2D eigenvalue weighted by Gasteiger charge is -2.49. The van der Waals surface area contributed by atoms with Crippen molar-refractivity contribution in [1.29, 1.82) is 0 Å². The van der Waals surface area contributed by atoms with E-state index in [-0.39, 0.29) is 12.0 Å². The Labute approximate surface area is 457 Å². The lowest BCUT2D eigenvalue weighted by Crippen LogP contribution is -2.40. The lowest BCUT2D eigenvalue weighted by atomic mass is 9.60. The smallest absolute Gasteiger partial charge is 0.0719 e. The van der Waals surface area contributed by atoms with E-state index in [9.17, 15) is 0 Å². The fraction of sp³-hybridized carbons (Fsp3) is 0.0667. The number of fused-ring (bicyclic) bond motifs is 11. The Bertz CT molecular complexity index is 4010. The van der Waals surface area contributed by atoms with Gasteiger partial charge in [0.15, 0.2) is 0 Å². The fourth-order valence-corrected chi connectivity index (χ4v) is 13.8. The summed E-state index contributed by atoms with van der Waals surface area (Å²) in [4.78, 5) is 7.70. The maximum atomic E-state index is 2.66. The molecule has 1 heterocycles. The van der Waals surface area contributed by atoms with E-state index >= 15 is 0 Å². The molecule has 10 aromatic carbocycles. The third-order valence-corrected chi connectivity index (χ3v) is 17.0. The van der Waals surface area contributed by atoms with Gasteiger partial charge in [-0.15, -0.1) is 0 Å². The zero-order valence-electron chi connectivity index (χ0n) is 43.2. The van der Waals surface area contributed by atoms with Crippen LogP contribution in [0.5, 0.6) is 0 Å². The van der Waals surface area contributed by atoms with Gasteiger partial charge in [-0.25, -0.2) is 0 Å². The first-order valence-corrected chi connectivity index (χ1v) is 27.5. The summed E-state index contributed by atoms with van der Waals surface area (Å²) in [7, 11) is 0. The molecule has 2 atom stereocenters. The first-order chi connectivity index (χ1) is 38.7. The third kappa shape index (κ3) is 7.19. The van der Waals surface area contributed by atoms with Gasteiger partial charge in [0.2, 0.25) is 0 Å². The highest BCUT2D eigenvalue weighted by atomic mass is 15.2. The number of allylic oxidation sites excluding steroid dienone is 8. The molecular weight excluding hydrogens is 943 g/mol. The third-order valence-electron chi connectivity index (χ3n) is 17.0. The van der Waals surface area contributed by atoms with Crippen LogP contribution in [0.15, 0.2) is 325 Å². The van der Waals surface area contributed by atoms with E-state index in [1.807, 2.05) is 0 Å². The number of anilines is 7. The zero-order valence-corrected chi connectivity index (χ0v) is 43.2. The van der Waals surface area contributed by atoms with Crippen molar-refractivity contribution in [1.82, 2.24) is 0 Å². The second kappa shape index (κ2) is 18.8. The predicted molar refractivity (Wildman–Crippen MR) is 324 cm³/mol. The van der Waals surface area contributed by atoms with E-state index in [0.717, 1.165) is 41.3 Å². The Morgan fingerprint density at radius 3 is 1.51 bits per heavy atom. The molecule has 0 amide bonds. The second-order valence-corrected chi connectivity index (χ2v) is 21.0. The van der Waals surface area contributed by atoms with Gasteiger partial charge in [-0.2, -0.15) is 0 Å². The largest absolute Gasteiger partial charge is 0.334 e. The van der Waals surface area contributed by atoms with Crippen LogP contribution in [0.4, 0.5) is 39.8 Å². The number of nitrogens with zero attached hydrogens (tertiary/aromatic N) is 3. The Balaban J connectivity index is 1.01. The summed E-state index contributed by atoms with van der Waals surface area (Å²) in [6.45, 7) is 0. The number of hydrogen-bond donors (Lipinski definition) is 0. The van der Waals surface area contributed by atoms with Crippen LogP contribution in [0.25, 0.3) is 27.8 Å². The Morgan fingerprint density at radius 1 is 0.423 bits per heavy atom. The standard InChI is InChI=1S/C75H55N3/c1-6-24-52(25-7-1)54-42-46-59(47-43-54)76(56-28-10-3-11-29-56)71-50-67-73(63-36-18-16-34-61(63)71)74-64-37-19-17-35-62(64)72(77(57-30-12-4-13-31-57)60-48-44-55(45-49-60)53-26-8-2-9-27-53)51-68(74)75(67)65-38-20-22-40-69(65)78(58-32-14-5-15-33-58)70-41-23-21-39-66(70)75/h1-34,36-49,51,62,71H,35,50H2. The minimum absolute atomic E-state index is 0.0574. The first kappa shape index (κ1) is 45.7. The molecule has 3 nitrogen and oxygen atoms in total. The van der Waals surface area contributed by atoms with Crippen LogP contribution in [0.2, 0.25) is 0 Å². The van der Waals surface area contributed by atoms with Crippen LogP contribution in [0.3, 0.4) is 0 Å². The van der Waals surface area contributed by atoms with E-state index in [4.69, 9.17) is 0 Å². The monoisotopic (exact) mass is 997 g/mol. The number of hydrogen-bond acceptors (Lipinski definition) is 3. The molecule has 0 radical (unpaired) electrons. The normalized spacial score (nSPS) is 17.2. The highest BCUT2D eigenvalue weighted by molar-refractivity contribution is 6.03. The number of para-hydroxylation sites is 5. The highest BCUT2D eigenvalue weighted by Gasteiger charge is 2.58. The molecular formula is C75H55N3. The summed E-state index contributed by atoms with van der Waals surface area (Å²) in [6.07, 6.45) is 11.5. The molecule has 15 rings (SSSR count). The van der Waals surface area contributed by atoms with Gasteiger partial charge in [-0.1, -0.05) is 218 Å².